The summed E-state index contributed by atoms with van der Waals surface area (Å²) in [4.78, 5) is 2.44. The zero-order valence-corrected chi connectivity index (χ0v) is 9.37. The Labute approximate surface area is 91.4 Å². The third-order valence-corrected chi connectivity index (χ3v) is 3.74. The van der Waals surface area contributed by atoms with Gasteiger partial charge in [-0.2, -0.15) is 12.6 Å². The summed E-state index contributed by atoms with van der Waals surface area (Å²) in [5.41, 5.74) is 0. The Kier molecular flexibility index (Phi) is 3.52. The average molecular weight is 213 g/mol. The second-order valence-corrected chi connectivity index (χ2v) is 4.81. The quantitative estimate of drug-likeness (QED) is 0.543. The fourth-order valence-corrected chi connectivity index (χ4v) is 2.93. The van der Waals surface area contributed by atoms with Gasteiger partial charge in [0.05, 0.1) is 6.10 Å². The fraction of sp³-hybridized carbons (Fsp3) is 0.818. The Morgan fingerprint density at radius 3 is 2.86 bits per heavy atom. The molecule has 3 atom stereocenters. The van der Waals surface area contributed by atoms with Gasteiger partial charge in [-0.25, -0.2) is 0 Å². The molecule has 3 heteroatoms. The van der Waals surface area contributed by atoms with E-state index in [0.717, 1.165) is 31.2 Å². The lowest BCUT2D eigenvalue weighted by molar-refractivity contribution is 0.125. The number of aliphatic hydroxyl groups is 1. The van der Waals surface area contributed by atoms with Crippen molar-refractivity contribution in [1.29, 1.82) is 0 Å². The number of rotatable bonds is 3. The minimum absolute atomic E-state index is 0.0288. The SMILES string of the molecule is OC1CCC2CN(C/C=C/CS)CC12. The molecule has 1 N–H and O–H groups in total. The normalized spacial score (nSPS) is 38.3. The Bertz CT molecular complexity index is 219. The molecule has 14 heavy (non-hydrogen) atoms. The molecule has 2 aliphatic rings. The Hall–Kier alpha value is 0.01000. The van der Waals surface area contributed by atoms with Gasteiger partial charge < -0.3 is 5.11 Å². The highest BCUT2D eigenvalue weighted by Crippen LogP contribution is 2.37. The molecule has 0 bridgehead atoms. The molecule has 1 saturated carbocycles. The second kappa shape index (κ2) is 4.69. The second-order valence-electron chi connectivity index (χ2n) is 4.44. The van der Waals surface area contributed by atoms with Crippen LogP contribution in [0.25, 0.3) is 0 Å². The summed E-state index contributed by atoms with van der Waals surface area (Å²) in [7, 11) is 0. The number of hydrogen-bond donors (Lipinski definition) is 2. The van der Waals surface area contributed by atoms with E-state index in [1.54, 1.807) is 0 Å². The number of likely N-dealkylation sites (tertiary alicyclic amines) is 1. The molecule has 1 aliphatic heterocycles. The molecule has 2 nitrogen and oxygen atoms in total. The van der Waals surface area contributed by atoms with Gasteiger partial charge in [0.15, 0.2) is 0 Å². The Morgan fingerprint density at radius 2 is 2.14 bits per heavy atom. The Morgan fingerprint density at radius 1 is 1.29 bits per heavy atom. The highest BCUT2D eigenvalue weighted by Gasteiger charge is 2.41. The third kappa shape index (κ3) is 2.15. The maximum Gasteiger partial charge on any atom is 0.0583 e. The molecule has 1 heterocycles. The number of hydrogen-bond acceptors (Lipinski definition) is 3. The van der Waals surface area contributed by atoms with Crippen LogP contribution in [0, 0.1) is 11.8 Å². The molecule has 0 radical (unpaired) electrons. The Balaban J connectivity index is 1.80. The smallest absolute Gasteiger partial charge is 0.0583 e. The molecular formula is C11H19NOS. The lowest BCUT2D eigenvalue weighted by Gasteiger charge is -2.15. The molecule has 0 aromatic heterocycles. The topological polar surface area (TPSA) is 23.5 Å². The van der Waals surface area contributed by atoms with Crippen molar-refractivity contribution in [2.75, 3.05) is 25.4 Å². The van der Waals surface area contributed by atoms with E-state index in [4.69, 9.17) is 0 Å². The van der Waals surface area contributed by atoms with Gasteiger partial charge in [0.1, 0.15) is 0 Å². The van der Waals surface area contributed by atoms with E-state index in [-0.39, 0.29) is 6.10 Å². The predicted molar refractivity (Wildman–Crippen MR) is 61.7 cm³/mol. The van der Waals surface area contributed by atoms with E-state index in [1.165, 1.54) is 13.0 Å². The molecule has 0 spiro atoms. The summed E-state index contributed by atoms with van der Waals surface area (Å²) >= 11 is 4.13. The van der Waals surface area contributed by atoms with E-state index >= 15 is 0 Å². The minimum atomic E-state index is -0.0288. The van der Waals surface area contributed by atoms with Crippen LogP contribution >= 0.6 is 12.6 Å². The summed E-state index contributed by atoms with van der Waals surface area (Å²) in [6.07, 6.45) is 6.49. The molecule has 2 rings (SSSR count). The van der Waals surface area contributed by atoms with Crippen molar-refractivity contribution in [2.45, 2.75) is 18.9 Å². The number of nitrogens with zero attached hydrogens (tertiary/aromatic N) is 1. The van der Waals surface area contributed by atoms with Crippen LogP contribution in [0.3, 0.4) is 0 Å². The van der Waals surface area contributed by atoms with Gasteiger partial charge in [-0.1, -0.05) is 12.2 Å². The van der Waals surface area contributed by atoms with Crippen molar-refractivity contribution < 1.29 is 5.11 Å². The van der Waals surface area contributed by atoms with Crippen molar-refractivity contribution in [1.82, 2.24) is 4.90 Å². The summed E-state index contributed by atoms with van der Waals surface area (Å²) < 4.78 is 0. The molecule has 1 aliphatic carbocycles. The fourth-order valence-electron chi connectivity index (χ4n) is 2.78. The molecule has 1 saturated heterocycles. The van der Waals surface area contributed by atoms with Crippen LogP contribution in [0.2, 0.25) is 0 Å². The van der Waals surface area contributed by atoms with Gasteiger partial charge in [0, 0.05) is 31.3 Å². The van der Waals surface area contributed by atoms with Gasteiger partial charge in [-0.05, 0) is 18.8 Å². The standard InChI is InChI=1S/C11H19NOS/c13-11-4-3-9-7-12(8-10(9)11)5-1-2-6-14/h1-2,9-11,13-14H,3-8H2/b2-1+. The predicted octanol–water partition coefficient (Wildman–Crippen LogP) is 1.18. The molecule has 0 amide bonds. The van der Waals surface area contributed by atoms with Crippen molar-refractivity contribution in [3.05, 3.63) is 12.2 Å². The number of aliphatic hydroxyl groups excluding tert-OH is 1. The van der Waals surface area contributed by atoms with Crippen molar-refractivity contribution in [3.8, 4) is 0 Å². The van der Waals surface area contributed by atoms with E-state index in [9.17, 15) is 5.11 Å². The lowest BCUT2D eigenvalue weighted by atomic mass is 10.00. The maximum absolute atomic E-state index is 9.73. The first kappa shape index (κ1) is 10.5. The molecule has 0 aromatic carbocycles. The van der Waals surface area contributed by atoms with E-state index < -0.39 is 0 Å². The van der Waals surface area contributed by atoms with E-state index in [2.05, 4.69) is 29.7 Å². The van der Waals surface area contributed by atoms with Crippen LogP contribution in [0.15, 0.2) is 12.2 Å². The highest BCUT2D eigenvalue weighted by molar-refractivity contribution is 7.80. The number of thiol groups is 1. The molecule has 2 fully saturated rings. The van der Waals surface area contributed by atoms with Crippen LogP contribution in [0.1, 0.15) is 12.8 Å². The molecule has 80 valence electrons. The highest BCUT2D eigenvalue weighted by atomic mass is 32.1. The van der Waals surface area contributed by atoms with Gasteiger partial charge >= 0.3 is 0 Å². The third-order valence-electron chi connectivity index (χ3n) is 3.53. The minimum Gasteiger partial charge on any atom is -0.393 e. The summed E-state index contributed by atoms with van der Waals surface area (Å²) in [5, 5.41) is 9.73. The summed E-state index contributed by atoms with van der Waals surface area (Å²) in [6, 6.07) is 0. The molecular weight excluding hydrogens is 194 g/mol. The van der Waals surface area contributed by atoms with Crippen LogP contribution < -0.4 is 0 Å². The largest absolute Gasteiger partial charge is 0.393 e. The van der Waals surface area contributed by atoms with Crippen LogP contribution in [-0.2, 0) is 0 Å². The average Bonchev–Trinajstić information content (AvgIpc) is 2.70. The van der Waals surface area contributed by atoms with Gasteiger partial charge in [-0.3, -0.25) is 4.90 Å². The lowest BCUT2D eigenvalue weighted by Crippen LogP contribution is -2.24. The van der Waals surface area contributed by atoms with Crippen molar-refractivity contribution in [3.63, 3.8) is 0 Å². The summed E-state index contributed by atoms with van der Waals surface area (Å²) in [6.45, 7) is 3.29. The molecule has 0 aromatic rings. The van der Waals surface area contributed by atoms with E-state index in [0.29, 0.717) is 5.92 Å². The van der Waals surface area contributed by atoms with Crippen LogP contribution in [-0.4, -0.2) is 41.5 Å². The maximum atomic E-state index is 9.73. The van der Waals surface area contributed by atoms with Crippen LogP contribution in [0.5, 0.6) is 0 Å². The first-order chi connectivity index (χ1) is 6.81. The first-order valence-electron chi connectivity index (χ1n) is 5.47. The first-order valence-corrected chi connectivity index (χ1v) is 6.11. The molecule has 3 unspecified atom stereocenters. The monoisotopic (exact) mass is 213 g/mol. The van der Waals surface area contributed by atoms with Gasteiger partial charge in [-0.15, -0.1) is 0 Å². The van der Waals surface area contributed by atoms with Gasteiger partial charge in [0.2, 0.25) is 0 Å². The van der Waals surface area contributed by atoms with Crippen molar-refractivity contribution >= 4 is 12.6 Å². The van der Waals surface area contributed by atoms with E-state index in [1.807, 2.05) is 0 Å². The zero-order valence-electron chi connectivity index (χ0n) is 8.47. The number of fused-ring (bicyclic) bond motifs is 1. The zero-order chi connectivity index (χ0) is 9.97. The van der Waals surface area contributed by atoms with Gasteiger partial charge in [0.25, 0.3) is 0 Å². The summed E-state index contributed by atoms with van der Waals surface area (Å²) in [5.74, 6) is 2.14. The van der Waals surface area contributed by atoms with Crippen LogP contribution in [0.4, 0.5) is 0 Å². The van der Waals surface area contributed by atoms with Crippen molar-refractivity contribution in [2.24, 2.45) is 11.8 Å².